The summed E-state index contributed by atoms with van der Waals surface area (Å²) in [5, 5.41) is 3.83. The van der Waals surface area contributed by atoms with Crippen LogP contribution in [0.15, 0.2) is 83.8 Å². The summed E-state index contributed by atoms with van der Waals surface area (Å²) in [6, 6.07) is 25.7. The highest BCUT2D eigenvalue weighted by molar-refractivity contribution is 7.98. The molecule has 0 unspecified atom stereocenters. The lowest BCUT2D eigenvalue weighted by atomic mass is 10.1. The van der Waals surface area contributed by atoms with Crippen molar-refractivity contribution in [2.75, 3.05) is 6.26 Å². The molecule has 1 heterocycles. The SMILES string of the molecule is CSc1ccc(CNC(=O)c2cc(OCc3ccc(C)cc3)nc3ccccc23)cc1. The van der Waals surface area contributed by atoms with E-state index in [1.807, 2.05) is 54.8 Å². The number of carbonyl (C=O) groups is 1. The summed E-state index contributed by atoms with van der Waals surface area (Å²) >= 11 is 1.70. The molecule has 1 aromatic heterocycles. The number of aryl methyl sites for hydroxylation is 1. The number of hydrogen-bond acceptors (Lipinski definition) is 4. The number of rotatable bonds is 7. The standard InChI is InChI=1S/C26H24N2O2S/c1-18-7-9-20(10-8-18)17-30-25-15-23(22-5-3-4-6-24(22)28-25)26(29)27-16-19-11-13-21(31-2)14-12-19/h3-15H,16-17H2,1-2H3,(H,27,29). The zero-order valence-corrected chi connectivity index (χ0v) is 18.4. The van der Waals surface area contributed by atoms with Gasteiger partial charge < -0.3 is 10.1 Å². The Hall–Kier alpha value is -3.31. The molecule has 0 fully saturated rings. The molecule has 31 heavy (non-hydrogen) atoms. The first kappa shape index (κ1) is 20.9. The molecule has 1 amide bonds. The van der Waals surface area contributed by atoms with E-state index in [0.717, 1.165) is 22.0 Å². The highest BCUT2D eigenvalue weighted by Gasteiger charge is 2.14. The van der Waals surface area contributed by atoms with Crippen molar-refractivity contribution in [2.24, 2.45) is 0 Å². The predicted molar refractivity (Wildman–Crippen MR) is 127 cm³/mol. The van der Waals surface area contributed by atoms with Gasteiger partial charge in [-0.3, -0.25) is 4.79 Å². The number of benzene rings is 3. The van der Waals surface area contributed by atoms with E-state index in [1.54, 1.807) is 17.8 Å². The molecule has 0 saturated carbocycles. The van der Waals surface area contributed by atoms with Crippen LogP contribution in [0.25, 0.3) is 10.9 Å². The van der Waals surface area contributed by atoms with Gasteiger partial charge in [0, 0.05) is 22.9 Å². The van der Waals surface area contributed by atoms with Gasteiger partial charge in [0.25, 0.3) is 5.91 Å². The molecule has 5 heteroatoms. The Kier molecular flexibility index (Phi) is 6.53. The van der Waals surface area contributed by atoms with Gasteiger partial charge in [0.15, 0.2) is 0 Å². The zero-order valence-electron chi connectivity index (χ0n) is 17.6. The number of para-hydroxylation sites is 1. The number of amides is 1. The summed E-state index contributed by atoms with van der Waals surface area (Å²) in [6.07, 6.45) is 2.05. The summed E-state index contributed by atoms with van der Waals surface area (Å²) in [5.74, 6) is 0.293. The number of nitrogens with one attached hydrogen (secondary N) is 1. The number of pyridine rings is 1. The van der Waals surface area contributed by atoms with E-state index >= 15 is 0 Å². The summed E-state index contributed by atoms with van der Waals surface area (Å²) in [6.45, 7) is 2.91. The molecule has 0 spiro atoms. The van der Waals surface area contributed by atoms with E-state index in [9.17, 15) is 4.79 Å². The number of aromatic nitrogens is 1. The lowest BCUT2D eigenvalue weighted by molar-refractivity contribution is 0.0952. The van der Waals surface area contributed by atoms with Gasteiger partial charge in [-0.25, -0.2) is 4.98 Å². The lowest BCUT2D eigenvalue weighted by Crippen LogP contribution is -2.23. The fourth-order valence-electron chi connectivity index (χ4n) is 3.28. The molecule has 0 bridgehead atoms. The minimum atomic E-state index is -0.146. The topological polar surface area (TPSA) is 51.2 Å². The Labute approximate surface area is 186 Å². The van der Waals surface area contributed by atoms with Gasteiger partial charge >= 0.3 is 0 Å². The van der Waals surface area contributed by atoms with Crippen molar-refractivity contribution in [1.29, 1.82) is 0 Å². The average molecular weight is 429 g/mol. The number of hydrogen-bond donors (Lipinski definition) is 1. The first-order valence-corrected chi connectivity index (χ1v) is 11.3. The molecule has 0 aliphatic heterocycles. The van der Waals surface area contributed by atoms with Gasteiger partial charge in [-0.15, -0.1) is 11.8 Å². The molecule has 0 radical (unpaired) electrons. The third kappa shape index (κ3) is 5.25. The van der Waals surface area contributed by atoms with Crippen molar-refractivity contribution < 1.29 is 9.53 Å². The Bertz CT molecular complexity index is 1190. The minimum Gasteiger partial charge on any atom is -0.473 e. The third-order valence-electron chi connectivity index (χ3n) is 5.06. The van der Waals surface area contributed by atoms with E-state index in [1.165, 1.54) is 10.5 Å². The van der Waals surface area contributed by atoms with Gasteiger partial charge in [-0.2, -0.15) is 0 Å². The van der Waals surface area contributed by atoms with Crippen molar-refractivity contribution in [1.82, 2.24) is 10.3 Å². The van der Waals surface area contributed by atoms with Crippen LogP contribution < -0.4 is 10.1 Å². The van der Waals surface area contributed by atoms with Gasteiger partial charge in [-0.1, -0.05) is 60.2 Å². The van der Waals surface area contributed by atoms with Gasteiger partial charge in [-0.05, 0) is 42.5 Å². The molecular weight excluding hydrogens is 404 g/mol. The number of ether oxygens (including phenoxy) is 1. The van der Waals surface area contributed by atoms with Crippen molar-refractivity contribution in [3.8, 4) is 5.88 Å². The van der Waals surface area contributed by atoms with Crippen molar-refractivity contribution in [3.05, 3.63) is 101 Å². The highest BCUT2D eigenvalue weighted by atomic mass is 32.2. The Morgan fingerprint density at radius 2 is 1.68 bits per heavy atom. The summed E-state index contributed by atoms with van der Waals surface area (Å²) in [7, 11) is 0. The number of fused-ring (bicyclic) bond motifs is 1. The van der Waals surface area contributed by atoms with E-state index in [2.05, 4.69) is 41.5 Å². The maximum atomic E-state index is 13.0. The molecule has 0 aliphatic rings. The molecule has 3 aromatic carbocycles. The highest BCUT2D eigenvalue weighted by Crippen LogP contribution is 2.23. The van der Waals surface area contributed by atoms with Crippen LogP contribution in [0.4, 0.5) is 0 Å². The first-order chi connectivity index (χ1) is 15.1. The number of thioether (sulfide) groups is 1. The van der Waals surface area contributed by atoms with Crippen LogP contribution in [-0.4, -0.2) is 17.1 Å². The van der Waals surface area contributed by atoms with Crippen LogP contribution in [0.2, 0.25) is 0 Å². The van der Waals surface area contributed by atoms with Crippen molar-refractivity contribution >= 4 is 28.6 Å². The quantitative estimate of drug-likeness (QED) is 0.380. The molecule has 4 aromatic rings. The van der Waals surface area contributed by atoms with Gasteiger partial charge in [0.2, 0.25) is 5.88 Å². The van der Waals surface area contributed by atoms with Crippen LogP contribution in [0, 0.1) is 6.92 Å². The van der Waals surface area contributed by atoms with Crippen LogP contribution >= 0.6 is 11.8 Å². The molecular formula is C26H24N2O2S. The minimum absolute atomic E-state index is 0.146. The second kappa shape index (κ2) is 9.67. The normalized spacial score (nSPS) is 10.8. The van der Waals surface area contributed by atoms with E-state index < -0.39 is 0 Å². The molecule has 4 nitrogen and oxygen atoms in total. The Morgan fingerprint density at radius 1 is 0.968 bits per heavy atom. The maximum Gasteiger partial charge on any atom is 0.252 e. The second-order valence-electron chi connectivity index (χ2n) is 7.33. The first-order valence-electron chi connectivity index (χ1n) is 10.1. The second-order valence-corrected chi connectivity index (χ2v) is 8.21. The Morgan fingerprint density at radius 3 is 2.42 bits per heavy atom. The predicted octanol–water partition coefficient (Wildman–Crippen LogP) is 5.77. The molecule has 4 rings (SSSR count). The van der Waals surface area contributed by atoms with E-state index in [0.29, 0.717) is 24.6 Å². The molecule has 156 valence electrons. The van der Waals surface area contributed by atoms with E-state index in [-0.39, 0.29) is 5.91 Å². The molecule has 0 atom stereocenters. The smallest absolute Gasteiger partial charge is 0.252 e. The molecule has 0 aliphatic carbocycles. The van der Waals surface area contributed by atoms with Crippen LogP contribution in [0.5, 0.6) is 5.88 Å². The van der Waals surface area contributed by atoms with Crippen molar-refractivity contribution in [3.63, 3.8) is 0 Å². The maximum absolute atomic E-state index is 13.0. The number of carbonyl (C=O) groups excluding carboxylic acids is 1. The van der Waals surface area contributed by atoms with Crippen LogP contribution in [0.1, 0.15) is 27.0 Å². The lowest BCUT2D eigenvalue weighted by Gasteiger charge is -2.12. The average Bonchev–Trinajstić information content (AvgIpc) is 2.82. The monoisotopic (exact) mass is 428 g/mol. The Balaban J connectivity index is 1.53. The largest absolute Gasteiger partial charge is 0.473 e. The molecule has 0 saturated heterocycles. The summed E-state index contributed by atoms with van der Waals surface area (Å²) in [4.78, 5) is 18.8. The van der Waals surface area contributed by atoms with E-state index in [4.69, 9.17) is 4.74 Å². The summed E-state index contributed by atoms with van der Waals surface area (Å²) in [5.41, 5.74) is 4.61. The van der Waals surface area contributed by atoms with Gasteiger partial charge in [0.1, 0.15) is 6.61 Å². The van der Waals surface area contributed by atoms with Crippen molar-refractivity contribution in [2.45, 2.75) is 25.0 Å². The summed E-state index contributed by atoms with van der Waals surface area (Å²) < 4.78 is 5.93. The molecule has 1 N–H and O–H groups in total. The van der Waals surface area contributed by atoms with Crippen LogP contribution in [0.3, 0.4) is 0 Å². The fourth-order valence-corrected chi connectivity index (χ4v) is 3.68. The third-order valence-corrected chi connectivity index (χ3v) is 5.80. The fraction of sp³-hybridized carbons (Fsp3) is 0.154. The number of nitrogens with zero attached hydrogens (tertiary/aromatic N) is 1. The zero-order chi connectivity index (χ0) is 21.6. The van der Waals surface area contributed by atoms with Gasteiger partial charge in [0.05, 0.1) is 11.1 Å². The van der Waals surface area contributed by atoms with Crippen LogP contribution in [-0.2, 0) is 13.2 Å².